The molecule has 17 heavy (non-hydrogen) atoms. The van der Waals surface area contributed by atoms with Crippen LogP contribution in [0.15, 0.2) is 0 Å². The molecule has 0 heterocycles. The van der Waals surface area contributed by atoms with Crippen LogP contribution in [0.4, 0.5) is 0 Å². The largest absolute Gasteiger partial charge is 0.616 e. The Morgan fingerprint density at radius 3 is 2.06 bits per heavy atom. The molecular weight excluding hydrogens is 246 g/mol. The van der Waals surface area contributed by atoms with E-state index < -0.39 is 29.0 Å². The summed E-state index contributed by atoms with van der Waals surface area (Å²) in [6.07, 6.45) is 0. The van der Waals surface area contributed by atoms with Gasteiger partial charge in [0.15, 0.2) is 5.92 Å². The molecule has 0 saturated carbocycles. The van der Waals surface area contributed by atoms with Gasteiger partial charge in [-0.05, 0) is 13.8 Å². The summed E-state index contributed by atoms with van der Waals surface area (Å²) in [6, 6.07) is 0. The second-order valence-corrected chi connectivity index (χ2v) is 4.78. The van der Waals surface area contributed by atoms with Crippen LogP contribution >= 0.6 is 0 Å². The molecule has 0 amide bonds. The third kappa shape index (κ3) is 6.50. The van der Waals surface area contributed by atoms with E-state index in [1.807, 2.05) is 0 Å². The molecule has 0 aliphatic carbocycles. The highest BCUT2D eigenvalue weighted by Gasteiger charge is 2.34. The fourth-order valence-corrected chi connectivity index (χ4v) is 2.19. The van der Waals surface area contributed by atoms with Gasteiger partial charge < -0.3 is 19.8 Å². The van der Waals surface area contributed by atoms with Gasteiger partial charge in [0.1, 0.15) is 11.5 Å². The Kier molecular flexibility index (Phi) is 8.83. The van der Waals surface area contributed by atoms with Gasteiger partial charge >= 0.3 is 11.9 Å². The Hall–Kier alpha value is -0.790. The average molecular weight is 265 g/mol. The average Bonchev–Trinajstić information content (AvgIpc) is 2.26. The van der Waals surface area contributed by atoms with Crippen molar-refractivity contribution >= 4 is 23.1 Å². The number of hydrogen-bond donors (Lipinski definition) is 1. The lowest BCUT2D eigenvalue weighted by Gasteiger charge is -2.16. The number of ether oxygens (including phenoxy) is 2. The molecule has 0 aromatic heterocycles. The van der Waals surface area contributed by atoms with Gasteiger partial charge in [-0.1, -0.05) is 11.2 Å². The van der Waals surface area contributed by atoms with Crippen LogP contribution in [0.2, 0.25) is 0 Å². The highest BCUT2D eigenvalue weighted by Crippen LogP contribution is 2.08. The quantitative estimate of drug-likeness (QED) is 0.358. The molecule has 0 saturated heterocycles. The predicted octanol–water partition coefficient (Wildman–Crippen LogP) is -0.564. The number of esters is 2. The Morgan fingerprint density at radius 2 is 1.71 bits per heavy atom. The molecule has 0 aromatic rings. The normalized spacial score (nSPS) is 12.3. The molecule has 0 aliphatic rings. The van der Waals surface area contributed by atoms with Crippen molar-refractivity contribution in [3.8, 4) is 0 Å². The molecule has 1 atom stereocenters. The van der Waals surface area contributed by atoms with Gasteiger partial charge in [0.2, 0.25) is 0 Å². The predicted molar refractivity (Wildman–Crippen MR) is 63.7 cm³/mol. The van der Waals surface area contributed by atoms with E-state index in [0.29, 0.717) is 0 Å². The van der Waals surface area contributed by atoms with Crippen molar-refractivity contribution in [1.82, 2.24) is 0 Å². The van der Waals surface area contributed by atoms with E-state index in [-0.39, 0.29) is 31.3 Å². The van der Waals surface area contributed by atoms with Crippen molar-refractivity contribution in [1.29, 1.82) is 0 Å². The van der Waals surface area contributed by atoms with Gasteiger partial charge in [0.25, 0.3) is 0 Å². The van der Waals surface area contributed by atoms with Gasteiger partial charge in [0.05, 0.1) is 13.2 Å². The molecular formula is C10H19NO5S. The van der Waals surface area contributed by atoms with Crippen LogP contribution in [0.25, 0.3) is 0 Å². The lowest BCUT2D eigenvalue weighted by Crippen LogP contribution is -2.35. The first-order valence-electron chi connectivity index (χ1n) is 5.45. The van der Waals surface area contributed by atoms with E-state index in [1.165, 1.54) is 0 Å². The molecule has 7 heteroatoms. The number of carbonyl (C=O) groups is 2. The van der Waals surface area contributed by atoms with E-state index in [4.69, 9.17) is 15.2 Å². The number of hydrogen-bond acceptors (Lipinski definition) is 6. The smallest absolute Gasteiger partial charge is 0.325 e. The van der Waals surface area contributed by atoms with Crippen LogP contribution < -0.4 is 5.73 Å². The minimum Gasteiger partial charge on any atom is -0.616 e. The highest BCUT2D eigenvalue weighted by molar-refractivity contribution is 7.91. The van der Waals surface area contributed by atoms with Gasteiger partial charge in [-0.3, -0.25) is 9.59 Å². The summed E-state index contributed by atoms with van der Waals surface area (Å²) in [7, 11) is 0. The summed E-state index contributed by atoms with van der Waals surface area (Å²) in [6.45, 7) is 3.84. The molecule has 0 fully saturated rings. The summed E-state index contributed by atoms with van der Waals surface area (Å²) < 4.78 is 21.0. The van der Waals surface area contributed by atoms with Crippen LogP contribution in [0.3, 0.4) is 0 Å². The van der Waals surface area contributed by atoms with Gasteiger partial charge in [-0.25, -0.2) is 0 Å². The lowest BCUT2D eigenvalue weighted by molar-refractivity contribution is -0.160. The molecule has 100 valence electrons. The van der Waals surface area contributed by atoms with Crippen LogP contribution in [-0.4, -0.2) is 47.8 Å². The van der Waals surface area contributed by atoms with Crippen LogP contribution in [0, 0.1) is 5.92 Å². The Labute approximate surface area is 104 Å². The Morgan fingerprint density at radius 1 is 1.24 bits per heavy atom. The van der Waals surface area contributed by atoms with Crippen molar-refractivity contribution in [2.45, 2.75) is 13.8 Å². The maximum absolute atomic E-state index is 11.5. The zero-order valence-electron chi connectivity index (χ0n) is 10.1. The van der Waals surface area contributed by atoms with E-state index >= 15 is 0 Å². The summed E-state index contributed by atoms with van der Waals surface area (Å²) in [4.78, 5) is 23.0. The third-order valence-corrected chi connectivity index (χ3v) is 3.24. The zero-order valence-corrected chi connectivity index (χ0v) is 11.0. The summed E-state index contributed by atoms with van der Waals surface area (Å²) in [5, 5.41) is 0. The molecule has 0 bridgehead atoms. The molecule has 1 unspecified atom stereocenters. The second-order valence-electron chi connectivity index (χ2n) is 3.16. The van der Waals surface area contributed by atoms with E-state index in [2.05, 4.69) is 0 Å². The van der Waals surface area contributed by atoms with Crippen molar-refractivity contribution in [2.75, 3.05) is 31.3 Å². The minimum absolute atomic E-state index is 0.102. The van der Waals surface area contributed by atoms with Crippen LogP contribution in [-0.2, 0) is 30.2 Å². The summed E-state index contributed by atoms with van der Waals surface area (Å²) in [5.41, 5.74) is 5.25. The fraction of sp³-hybridized carbons (Fsp3) is 0.800. The Bertz CT molecular complexity index is 231. The Balaban J connectivity index is 4.49. The third-order valence-electron chi connectivity index (χ3n) is 1.84. The maximum atomic E-state index is 11.5. The summed E-state index contributed by atoms with van der Waals surface area (Å²) in [5.74, 6) is -2.38. The van der Waals surface area contributed by atoms with Gasteiger partial charge in [-0.15, -0.1) is 0 Å². The molecule has 6 nitrogen and oxygen atoms in total. The summed E-state index contributed by atoms with van der Waals surface area (Å²) >= 11 is -1.33. The lowest BCUT2D eigenvalue weighted by atomic mass is 10.2. The van der Waals surface area contributed by atoms with Crippen LogP contribution in [0.1, 0.15) is 13.8 Å². The highest BCUT2D eigenvalue weighted by atomic mass is 32.2. The van der Waals surface area contributed by atoms with Crippen LogP contribution in [0.5, 0.6) is 0 Å². The van der Waals surface area contributed by atoms with Crippen molar-refractivity contribution < 1.29 is 23.6 Å². The zero-order chi connectivity index (χ0) is 13.3. The van der Waals surface area contributed by atoms with Crippen molar-refractivity contribution in [3.05, 3.63) is 0 Å². The van der Waals surface area contributed by atoms with Crippen molar-refractivity contribution in [3.63, 3.8) is 0 Å². The second kappa shape index (κ2) is 9.26. The number of rotatable bonds is 8. The fourth-order valence-electron chi connectivity index (χ4n) is 1.12. The first-order valence-corrected chi connectivity index (χ1v) is 6.93. The van der Waals surface area contributed by atoms with E-state index in [9.17, 15) is 14.1 Å². The monoisotopic (exact) mass is 265 g/mol. The molecule has 0 aromatic carbocycles. The number of nitrogens with two attached hydrogens (primary N) is 1. The molecule has 0 aliphatic heterocycles. The topological polar surface area (TPSA) is 102 Å². The van der Waals surface area contributed by atoms with E-state index in [0.717, 1.165) is 0 Å². The maximum Gasteiger partial charge on any atom is 0.325 e. The molecule has 2 N–H and O–H groups in total. The van der Waals surface area contributed by atoms with Gasteiger partial charge in [-0.2, -0.15) is 0 Å². The molecule has 0 rings (SSSR count). The standard InChI is InChI=1S/C10H19NO5S/c1-3-15-9(12)8(10(13)16-4-2)7-17(14)6-5-11/h8H,3-7,11H2,1-2H3. The van der Waals surface area contributed by atoms with E-state index in [1.54, 1.807) is 13.8 Å². The molecule has 0 radical (unpaired) electrons. The minimum atomic E-state index is -1.33. The first kappa shape index (κ1) is 16.2. The number of carbonyl (C=O) groups excluding carboxylic acids is 2. The van der Waals surface area contributed by atoms with Crippen molar-refractivity contribution in [2.24, 2.45) is 11.7 Å². The first-order chi connectivity index (χ1) is 8.06. The molecule has 0 spiro atoms. The SMILES string of the molecule is CCOC(=O)C(C[S+]([O-])CCN)C(=O)OCC. The van der Waals surface area contributed by atoms with Gasteiger partial charge in [0, 0.05) is 6.54 Å².